The molecule has 1 atom stereocenters. The summed E-state index contributed by atoms with van der Waals surface area (Å²) in [6, 6.07) is 18.0. The molecule has 0 spiro atoms. The molecule has 10 heteroatoms. The van der Waals surface area contributed by atoms with Crippen molar-refractivity contribution in [2.24, 2.45) is 0 Å². The van der Waals surface area contributed by atoms with Gasteiger partial charge in [-0.05, 0) is 54.8 Å². The van der Waals surface area contributed by atoms with Crippen molar-refractivity contribution >= 4 is 45.7 Å². The predicted octanol–water partition coefficient (Wildman–Crippen LogP) is 6.78. The lowest BCUT2D eigenvalue weighted by molar-refractivity contribution is -0.132. The normalized spacial score (nSPS) is 16.3. The Balaban J connectivity index is 1.56. The van der Waals surface area contributed by atoms with Gasteiger partial charge in [0.25, 0.3) is 5.78 Å². The van der Waals surface area contributed by atoms with Gasteiger partial charge in [0.05, 0.1) is 11.6 Å². The van der Waals surface area contributed by atoms with Crippen LogP contribution >= 0.6 is 23.1 Å². The molecule has 7 nitrogen and oxygen atoms in total. The molecule has 4 aromatic rings. The first-order valence-electron chi connectivity index (χ1n) is 12.7. The number of nitrogens with zero attached hydrogens (tertiary/aromatic N) is 3. The zero-order chi connectivity index (χ0) is 29.1. The van der Waals surface area contributed by atoms with Gasteiger partial charge in [0.2, 0.25) is 5.13 Å². The largest absolute Gasteiger partial charge is 0.507 e. The number of benzene rings is 3. The van der Waals surface area contributed by atoms with Gasteiger partial charge in [0.15, 0.2) is 4.34 Å². The van der Waals surface area contributed by atoms with Crippen molar-refractivity contribution in [2.75, 3.05) is 11.5 Å². The molecule has 0 radical (unpaired) electrons. The molecule has 1 saturated heterocycles. The molecular weight excluding hydrogens is 561 g/mol. The molecule has 0 aliphatic carbocycles. The average Bonchev–Trinajstić information content (AvgIpc) is 3.54. The lowest BCUT2D eigenvalue weighted by atomic mass is 9.93. The Morgan fingerprint density at radius 1 is 1.12 bits per heavy atom. The highest BCUT2D eigenvalue weighted by Crippen LogP contribution is 2.44. The van der Waals surface area contributed by atoms with E-state index >= 15 is 0 Å². The van der Waals surface area contributed by atoms with Gasteiger partial charge in [-0.15, -0.1) is 10.2 Å². The molecule has 1 N–H and O–H groups in total. The van der Waals surface area contributed by atoms with Crippen LogP contribution in [0.4, 0.5) is 9.52 Å². The second-order valence-corrected chi connectivity index (χ2v) is 11.6. The van der Waals surface area contributed by atoms with E-state index in [-0.39, 0.29) is 22.3 Å². The van der Waals surface area contributed by atoms with Crippen molar-refractivity contribution in [1.29, 1.82) is 0 Å². The van der Waals surface area contributed by atoms with Crippen LogP contribution in [0.5, 0.6) is 5.75 Å². The second-order valence-electron chi connectivity index (χ2n) is 9.39. The van der Waals surface area contributed by atoms with E-state index in [9.17, 15) is 19.1 Å². The molecule has 208 valence electrons. The lowest BCUT2D eigenvalue weighted by Gasteiger charge is -2.23. The third-order valence-corrected chi connectivity index (χ3v) is 8.67. The topological polar surface area (TPSA) is 92.6 Å². The van der Waals surface area contributed by atoms with E-state index < -0.39 is 17.7 Å². The number of ketones is 1. The molecule has 1 aromatic heterocycles. The standard InChI is InChI=1S/C31H26FN3O4S2/c1-4-15-39-22-13-11-20(12-14-22)26-25(27(36)23-16-18(2)9-10-19(23)3)28(37)29(38)35(26)30-33-34-31(41-30)40-17-21-7-5-6-8-24(21)32/h4-14,16,26,36H,1,15,17H2,2-3H3. The summed E-state index contributed by atoms with van der Waals surface area (Å²) < 4.78 is 20.2. The first-order chi connectivity index (χ1) is 19.8. The number of rotatable bonds is 9. The zero-order valence-corrected chi connectivity index (χ0v) is 24.0. The maximum atomic E-state index is 14.1. The Kier molecular flexibility index (Phi) is 8.32. The summed E-state index contributed by atoms with van der Waals surface area (Å²) >= 11 is 2.40. The Hall–Kier alpha value is -4.28. The summed E-state index contributed by atoms with van der Waals surface area (Å²) in [4.78, 5) is 28.3. The second kappa shape index (κ2) is 12.1. The van der Waals surface area contributed by atoms with Crippen molar-refractivity contribution in [2.45, 2.75) is 30.0 Å². The van der Waals surface area contributed by atoms with Crippen molar-refractivity contribution < 1.29 is 23.8 Å². The SMILES string of the molecule is C=CCOc1ccc(C2C(=C(O)c3cc(C)ccc3C)C(=O)C(=O)N2c2nnc(SCc3ccccc3F)s2)cc1. The molecule has 0 bridgehead atoms. The molecule has 0 saturated carbocycles. The Morgan fingerprint density at radius 2 is 1.88 bits per heavy atom. The summed E-state index contributed by atoms with van der Waals surface area (Å²) in [5, 5.41) is 20.1. The number of aromatic nitrogens is 2. The van der Waals surface area contributed by atoms with Crippen molar-refractivity contribution in [3.05, 3.63) is 119 Å². The third-order valence-electron chi connectivity index (χ3n) is 6.57. The van der Waals surface area contributed by atoms with Crippen LogP contribution in [0.2, 0.25) is 0 Å². The number of hydrogen-bond donors (Lipinski definition) is 1. The Labute approximate surface area is 245 Å². The summed E-state index contributed by atoms with van der Waals surface area (Å²) in [5.41, 5.74) is 3.18. The number of Topliss-reactive ketones (excluding diaryl/α,β-unsaturated/α-hetero) is 1. The Morgan fingerprint density at radius 3 is 2.61 bits per heavy atom. The molecule has 1 unspecified atom stereocenters. The quantitative estimate of drug-likeness (QED) is 0.0576. The molecular formula is C31H26FN3O4S2. The first kappa shape index (κ1) is 28.3. The maximum Gasteiger partial charge on any atom is 0.301 e. The number of carbonyl (C=O) groups excluding carboxylic acids is 2. The summed E-state index contributed by atoms with van der Waals surface area (Å²) in [6.07, 6.45) is 1.63. The number of ether oxygens (including phenoxy) is 1. The van der Waals surface area contributed by atoms with Crippen molar-refractivity contribution in [3.63, 3.8) is 0 Å². The molecule has 1 aliphatic rings. The summed E-state index contributed by atoms with van der Waals surface area (Å²) in [5.74, 6) is -1.32. The van der Waals surface area contributed by atoms with Crippen LogP contribution in [0.15, 0.2) is 89.3 Å². The van der Waals surface area contributed by atoms with E-state index in [1.54, 1.807) is 54.6 Å². The molecule has 3 aromatic carbocycles. The minimum absolute atomic E-state index is 0.0424. The number of thioether (sulfide) groups is 1. The Bertz CT molecular complexity index is 1670. The van der Waals surface area contributed by atoms with E-state index in [0.717, 1.165) is 22.5 Å². The number of halogens is 1. The molecule has 41 heavy (non-hydrogen) atoms. The summed E-state index contributed by atoms with van der Waals surface area (Å²) in [6.45, 7) is 7.69. The van der Waals surface area contributed by atoms with Crippen LogP contribution in [0.1, 0.15) is 33.9 Å². The van der Waals surface area contributed by atoms with E-state index in [4.69, 9.17) is 4.74 Å². The van der Waals surface area contributed by atoms with Crippen LogP contribution < -0.4 is 9.64 Å². The van der Waals surface area contributed by atoms with E-state index in [1.165, 1.54) is 22.7 Å². The number of anilines is 1. The van der Waals surface area contributed by atoms with Gasteiger partial charge in [-0.3, -0.25) is 14.5 Å². The molecule has 1 fully saturated rings. The van der Waals surface area contributed by atoms with Crippen LogP contribution in [0.3, 0.4) is 0 Å². The van der Waals surface area contributed by atoms with E-state index in [0.29, 0.717) is 39.1 Å². The van der Waals surface area contributed by atoms with Crippen LogP contribution in [-0.2, 0) is 15.3 Å². The highest BCUT2D eigenvalue weighted by molar-refractivity contribution is 8.00. The fourth-order valence-corrected chi connectivity index (χ4v) is 6.35. The van der Waals surface area contributed by atoms with Gasteiger partial charge >= 0.3 is 5.91 Å². The first-order valence-corrected chi connectivity index (χ1v) is 14.5. The zero-order valence-electron chi connectivity index (χ0n) is 22.3. The highest BCUT2D eigenvalue weighted by Gasteiger charge is 2.48. The number of amides is 1. The highest BCUT2D eigenvalue weighted by atomic mass is 32.2. The molecule has 1 amide bonds. The van der Waals surface area contributed by atoms with Gasteiger partial charge in [0.1, 0.15) is 23.9 Å². The monoisotopic (exact) mass is 587 g/mol. The number of hydrogen-bond acceptors (Lipinski definition) is 8. The minimum atomic E-state index is -0.958. The van der Waals surface area contributed by atoms with E-state index in [2.05, 4.69) is 16.8 Å². The third kappa shape index (κ3) is 5.79. The van der Waals surface area contributed by atoms with Gasteiger partial charge in [0, 0.05) is 11.3 Å². The van der Waals surface area contributed by atoms with Gasteiger partial charge < -0.3 is 9.84 Å². The minimum Gasteiger partial charge on any atom is -0.507 e. The van der Waals surface area contributed by atoms with Crippen molar-refractivity contribution in [3.8, 4) is 5.75 Å². The summed E-state index contributed by atoms with van der Waals surface area (Å²) in [7, 11) is 0. The fraction of sp³-hybridized carbons (Fsp3) is 0.161. The smallest absolute Gasteiger partial charge is 0.301 e. The predicted molar refractivity (Wildman–Crippen MR) is 159 cm³/mol. The number of carbonyl (C=O) groups is 2. The number of aryl methyl sites for hydroxylation is 2. The molecule has 5 rings (SSSR count). The fourth-order valence-electron chi connectivity index (χ4n) is 4.50. The van der Waals surface area contributed by atoms with Crippen LogP contribution in [0.25, 0.3) is 5.76 Å². The number of aliphatic hydroxyl groups is 1. The van der Waals surface area contributed by atoms with Gasteiger partial charge in [-0.2, -0.15) is 0 Å². The number of aliphatic hydroxyl groups excluding tert-OH is 1. The van der Waals surface area contributed by atoms with Crippen LogP contribution in [-0.4, -0.2) is 33.6 Å². The average molecular weight is 588 g/mol. The maximum absolute atomic E-state index is 14.1. The lowest BCUT2D eigenvalue weighted by Crippen LogP contribution is -2.29. The van der Waals surface area contributed by atoms with Crippen LogP contribution in [0, 0.1) is 19.7 Å². The van der Waals surface area contributed by atoms with Gasteiger partial charge in [-0.1, -0.05) is 83.8 Å². The molecule has 1 aliphatic heterocycles. The van der Waals surface area contributed by atoms with Gasteiger partial charge in [-0.25, -0.2) is 4.39 Å². The van der Waals surface area contributed by atoms with E-state index in [1.807, 2.05) is 26.0 Å². The molecule has 2 heterocycles. The van der Waals surface area contributed by atoms with Crippen molar-refractivity contribution in [1.82, 2.24) is 10.2 Å².